The maximum atomic E-state index is 11.4. The molecule has 0 aliphatic heterocycles. The summed E-state index contributed by atoms with van der Waals surface area (Å²) in [6.07, 6.45) is 0. The average molecular weight is 289 g/mol. The van der Waals surface area contributed by atoms with E-state index in [4.69, 9.17) is 0 Å². The fourth-order valence-corrected chi connectivity index (χ4v) is 3.06. The van der Waals surface area contributed by atoms with Crippen LogP contribution in [-0.2, 0) is 0 Å². The van der Waals surface area contributed by atoms with Crippen LogP contribution < -0.4 is 0 Å². The second-order valence-electron chi connectivity index (χ2n) is 5.23. The average Bonchev–Trinajstić information content (AvgIpc) is 2.54. The summed E-state index contributed by atoms with van der Waals surface area (Å²) in [6, 6.07) is 17.9. The number of aromatic hydroxyl groups is 1. The van der Waals surface area contributed by atoms with Crippen LogP contribution in [0.2, 0.25) is 0 Å². The smallest absolute Gasteiger partial charge is 0.277 e. The summed E-state index contributed by atoms with van der Waals surface area (Å²) >= 11 is 0. The van der Waals surface area contributed by atoms with Crippen LogP contribution >= 0.6 is 0 Å². The zero-order valence-electron chi connectivity index (χ0n) is 11.5. The first-order chi connectivity index (χ1) is 10.7. The third kappa shape index (κ3) is 1.64. The number of nitro groups is 1. The highest BCUT2D eigenvalue weighted by molar-refractivity contribution is 6.21. The number of non-ortho nitro benzene ring substituents is 1. The summed E-state index contributed by atoms with van der Waals surface area (Å²) in [5.74, 6) is 0.183. The zero-order valence-corrected chi connectivity index (χ0v) is 11.5. The lowest BCUT2D eigenvalue weighted by molar-refractivity contribution is -0.382. The van der Waals surface area contributed by atoms with Crippen molar-refractivity contribution in [3.05, 3.63) is 70.8 Å². The topological polar surface area (TPSA) is 63.4 Å². The molecule has 0 saturated carbocycles. The van der Waals surface area contributed by atoms with Crippen LogP contribution in [0.5, 0.6) is 5.75 Å². The van der Waals surface area contributed by atoms with E-state index < -0.39 is 0 Å². The van der Waals surface area contributed by atoms with Crippen molar-refractivity contribution in [2.24, 2.45) is 0 Å². The first-order valence-electron chi connectivity index (χ1n) is 6.87. The minimum absolute atomic E-state index is 0.0824. The van der Waals surface area contributed by atoms with Gasteiger partial charge in [-0.05, 0) is 33.7 Å². The fraction of sp³-hybridized carbons (Fsp3) is 0. The Morgan fingerprint density at radius 3 is 1.86 bits per heavy atom. The number of nitrogens with zero attached hydrogens (tertiary/aromatic N) is 1. The highest BCUT2D eigenvalue weighted by Crippen LogP contribution is 2.39. The molecular formula is C18H11NO3. The molecule has 0 fully saturated rings. The van der Waals surface area contributed by atoms with E-state index in [0.717, 1.165) is 21.5 Å². The SMILES string of the molecule is O=[N+]([O-])c1cc2c3ccccc3c(O)cc2c2ccccc12. The van der Waals surface area contributed by atoms with Crippen LogP contribution in [0.25, 0.3) is 32.3 Å². The summed E-state index contributed by atoms with van der Waals surface area (Å²) < 4.78 is 0. The molecule has 22 heavy (non-hydrogen) atoms. The summed E-state index contributed by atoms with van der Waals surface area (Å²) in [5.41, 5.74) is 0.0824. The highest BCUT2D eigenvalue weighted by atomic mass is 16.6. The monoisotopic (exact) mass is 289 g/mol. The van der Waals surface area contributed by atoms with Gasteiger partial charge in [0.25, 0.3) is 5.69 Å². The summed E-state index contributed by atoms with van der Waals surface area (Å²) in [7, 11) is 0. The van der Waals surface area contributed by atoms with E-state index in [1.54, 1.807) is 24.3 Å². The molecule has 0 unspecified atom stereocenters. The second kappa shape index (κ2) is 4.43. The Bertz CT molecular complexity index is 1070. The third-order valence-corrected chi connectivity index (χ3v) is 4.04. The number of hydrogen-bond donors (Lipinski definition) is 1. The van der Waals surface area contributed by atoms with E-state index in [-0.39, 0.29) is 16.4 Å². The fourth-order valence-electron chi connectivity index (χ4n) is 3.06. The van der Waals surface area contributed by atoms with Crippen molar-refractivity contribution in [2.75, 3.05) is 0 Å². The van der Waals surface area contributed by atoms with Gasteiger partial charge in [-0.1, -0.05) is 42.5 Å². The van der Waals surface area contributed by atoms with Gasteiger partial charge >= 0.3 is 0 Å². The van der Waals surface area contributed by atoms with Crippen molar-refractivity contribution < 1.29 is 10.0 Å². The Labute approximate surface area is 125 Å². The molecule has 0 aliphatic rings. The predicted molar refractivity (Wildman–Crippen MR) is 87.3 cm³/mol. The van der Waals surface area contributed by atoms with Crippen molar-refractivity contribution in [3.8, 4) is 5.75 Å². The van der Waals surface area contributed by atoms with Gasteiger partial charge in [0, 0.05) is 11.5 Å². The Balaban J connectivity index is 2.35. The molecule has 0 amide bonds. The van der Waals surface area contributed by atoms with E-state index in [0.29, 0.717) is 10.8 Å². The lowest BCUT2D eigenvalue weighted by Crippen LogP contribution is -1.91. The van der Waals surface area contributed by atoms with Gasteiger partial charge in [-0.2, -0.15) is 0 Å². The van der Waals surface area contributed by atoms with Gasteiger partial charge in [-0.15, -0.1) is 0 Å². The Kier molecular flexibility index (Phi) is 2.53. The lowest BCUT2D eigenvalue weighted by atomic mass is 9.95. The molecule has 0 bridgehead atoms. The minimum atomic E-state index is -0.358. The third-order valence-electron chi connectivity index (χ3n) is 4.04. The zero-order chi connectivity index (χ0) is 15.3. The van der Waals surface area contributed by atoms with E-state index in [1.165, 1.54) is 0 Å². The molecule has 0 atom stereocenters. The first-order valence-corrected chi connectivity index (χ1v) is 6.87. The summed E-state index contributed by atoms with van der Waals surface area (Å²) in [5, 5.41) is 26.1. The van der Waals surface area contributed by atoms with Gasteiger partial charge in [-0.25, -0.2) is 0 Å². The quantitative estimate of drug-likeness (QED) is 0.312. The van der Waals surface area contributed by atoms with Crippen LogP contribution in [0.1, 0.15) is 0 Å². The van der Waals surface area contributed by atoms with E-state index in [9.17, 15) is 15.2 Å². The first kappa shape index (κ1) is 12.6. The van der Waals surface area contributed by atoms with E-state index >= 15 is 0 Å². The Hall–Kier alpha value is -3.14. The number of rotatable bonds is 1. The number of phenols is 1. The standard InChI is InChI=1S/C18H11NO3/c20-18-10-16-11-5-1-3-7-13(11)17(19(21)22)9-15(16)12-6-2-4-8-14(12)18/h1-10,20H. The van der Waals surface area contributed by atoms with Crippen molar-refractivity contribution >= 4 is 38.0 Å². The highest BCUT2D eigenvalue weighted by Gasteiger charge is 2.17. The molecule has 4 aromatic carbocycles. The van der Waals surface area contributed by atoms with E-state index in [2.05, 4.69) is 0 Å². The molecule has 0 heterocycles. The van der Waals surface area contributed by atoms with Gasteiger partial charge < -0.3 is 5.11 Å². The lowest BCUT2D eigenvalue weighted by Gasteiger charge is -2.09. The number of hydrogen-bond acceptors (Lipinski definition) is 3. The summed E-state index contributed by atoms with van der Waals surface area (Å²) in [6.45, 7) is 0. The molecule has 0 saturated heterocycles. The molecular weight excluding hydrogens is 278 g/mol. The van der Waals surface area contributed by atoms with Crippen molar-refractivity contribution in [1.82, 2.24) is 0 Å². The van der Waals surface area contributed by atoms with Crippen molar-refractivity contribution in [1.29, 1.82) is 0 Å². The molecule has 1 N–H and O–H groups in total. The molecule has 4 rings (SSSR count). The minimum Gasteiger partial charge on any atom is -0.507 e. The molecule has 4 nitrogen and oxygen atoms in total. The van der Waals surface area contributed by atoms with Gasteiger partial charge in [0.15, 0.2) is 0 Å². The maximum absolute atomic E-state index is 11.4. The molecule has 0 radical (unpaired) electrons. The molecule has 4 aromatic rings. The number of nitro benzene ring substituents is 1. The predicted octanol–water partition coefficient (Wildman–Crippen LogP) is 4.76. The Morgan fingerprint density at radius 2 is 1.23 bits per heavy atom. The van der Waals surface area contributed by atoms with Crippen LogP contribution in [0, 0.1) is 10.1 Å². The molecule has 0 spiro atoms. The van der Waals surface area contributed by atoms with Crippen LogP contribution in [0.4, 0.5) is 5.69 Å². The van der Waals surface area contributed by atoms with Gasteiger partial charge in [0.2, 0.25) is 0 Å². The van der Waals surface area contributed by atoms with Gasteiger partial charge in [0.05, 0.1) is 10.3 Å². The molecule has 4 heteroatoms. The van der Waals surface area contributed by atoms with Crippen LogP contribution in [0.15, 0.2) is 60.7 Å². The molecule has 0 aromatic heterocycles. The number of fused-ring (bicyclic) bond motifs is 5. The van der Waals surface area contributed by atoms with Crippen molar-refractivity contribution in [3.63, 3.8) is 0 Å². The summed E-state index contributed by atoms with van der Waals surface area (Å²) in [4.78, 5) is 11.1. The van der Waals surface area contributed by atoms with Crippen molar-refractivity contribution in [2.45, 2.75) is 0 Å². The van der Waals surface area contributed by atoms with Crippen LogP contribution in [0.3, 0.4) is 0 Å². The largest absolute Gasteiger partial charge is 0.507 e. The normalized spacial score (nSPS) is 11.3. The van der Waals surface area contributed by atoms with E-state index in [1.807, 2.05) is 36.4 Å². The maximum Gasteiger partial charge on any atom is 0.277 e. The number of benzene rings is 4. The second-order valence-corrected chi connectivity index (χ2v) is 5.23. The Morgan fingerprint density at radius 1 is 0.727 bits per heavy atom. The molecule has 0 aliphatic carbocycles. The van der Waals surface area contributed by atoms with Gasteiger partial charge in [0.1, 0.15) is 5.75 Å². The number of phenolic OH excluding ortho intramolecular Hbond substituents is 1. The van der Waals surface area contributed by atoms with Gasteiger partial charge in [-0.3, -0.25) is 10.1 Å². The molecule has 106 valence electrons. The van der Waals surface area contributed by atoms with Crippen LogP contribution in [-0.4, -0.2) is 10.0 Å².